The second kappa shape index (κ2) is 3.25. The molecule has 1 fully saturated rings. The molecule has 0 radical (unpaired) electrons. The maximum absolute atomic E-state index is 12.4. The first kappa shape index (κ1) is 10.0. The van der Waals surface area contributed by atoms with Gasteiger partial charge in [0, 0.05) is 12.2 Å². The lowest BCUT2D eigenvalue weighted by molar-refractivity contribution is -0.137. The Morgan fingerprint density at radius 3 is 2.67 bits per heavy atom. The predicted octanol–water partition coefficient (Wildman–Crippen LogP) is 1.36. The number of rotatable bonds is 2. The van der Waals surface area contributed by atoms with E-state index >= 15 is 0 Å². The lowest BCUT2D eigenvalue weighted by Crippen LogP contribution is -2.20. The number of halogens is 3. The molecule has 1 aliphatic carbocycles. The molecule has 0 saturated heterocycles. The zero-order valence-electron chi connectivity index (χ0n) is 7.56. The quantitative estimate of drug-likeness (QED) is 0.789. The van der Waals surface area contributed by atoms with Crippen molar-refractivity contribution in [2.45, 2.75) is 25.1 Å². The summed E-state index contributed by atoms with van der Waals surface area (Å²) in [6, 6.07) is 0.0316. The second-order valence-corrected chi connectivity index (χ2v) is 3.39. The SMILES string of the molecule is O=c1ncc(C(F)(F)F)c(NC2CC2)[nH]1. The molecule has 2 rings (SSSR count). The van der Waals surface area contributed by atoms with Crippen LogP contribution >= 0.6 is 0 Å². The van der Waals surface area contributed by atoms with Gasteiger partial charge < -0.3 is 5.32 Å². The molecule has 0 aliphatic heterocycles. The smallest absolute Gasteiger partial charge is 0.368 e. The molecule has 7 heteroatoms. The van der Waals surface area contributed by atoms with E-state index in [0.29, 0.717) is 6.20 Å². The molecule has 4 nitrogen and oxygen atoms in total. The lowest BCUT2D eigenvalue weighted by atomic mass is 10.3. The van der Waals surface area contributed by atoms with Crippen LogP contribution in [-0.2, 0) is 6.18 Å². The molecule has 82 valence electrons. The van der Waals surface area contributed by atoms with Crippen molar-refractivity contribution in [1.29, 1.82) is 0 Å². The number of hydrogen-bond donors (Lipinski definition) is 2. The van der Waals surface area contributed by atoms with Gasteiger partial charge in [-0.3, -0.25) is 4.98 Å². The van der Waals surface area contributed by atoms with Gasteiger partial charge in [0.2, 0.25) is 0 Å². The summed E-state index contributed by atoms with van der Waals surface area (Å²) in [5.41, 5.74) is -1.72. The summed E-state index contributed by atoms with van der Waals surface area (Å²) >= 11 is 0. The van der Waals surface area contributed by atoms with Crippen LogP contribution in [0.3, 0.4) is 0 Å². The Hall–Kier alpha value is -1.53. The minimum absolute atomic E-state index is 0.0316. The zero-order chi connectivity index (χ0) is 11.1. The van der Waals surface area contributed by atoms with Crippen LogP contribution in [0.4, 0.5) is 19.0 Å². The Morgan fingerprint density at radius 2 is 2.13 bits per heavy atom. The van der Waals surface area contributed by atoms with E-state index in [4.69, 9.17) is 0 Å². The minimum atomic E-state index is -4.51. The number of aromatic nitrogens is 2. The van der Waals surface area contributed by atoms with E-state index in [9.17, 15) is 18.0 Å². The monoisotopic (exact) mass is 219 g/mol. The van der Waals surface area contributed by atoms with Gasteiger partial charge in [0.25, 0.3) is 0 Å². The molecule has 0 aromatic carbocycles. The van der Waals surface area contributed by atoms with E-state index in [1.807, 2.05) is 0 Å². The molecule has 0 unspecified atom stereocenters. The summed E-state index contributed by atoms with van der Waals surface area (Å²) < 4.78 is 37.3. The number of nitrogens with zero attached hydrogens (tertiary/aromatic N) is 1. The van der Waals surface area contributed by atoms with Crippen molar-refractivity contribution in [1.82, 2.24) is 9.97 Å². The van der Waals surface area contributed by atoms with Crippen LogP contribution in [-0.4, -0.2) is 16.0 Å². The van der Waals surface area contributed by atoms with Crippen LogP contribution in [0.15, 0.2) is 11.0 Å². The molecule has 1 heterocycles. The second-order valence-electron chi connectivity index (χ2n) is 3.39. The average Bonchev–Trinajstić information content (AvgIpc) is 2.85. The lowest BCUT2D eigenvalue weighted by Gasteiger charge is -2.12. The van der Waals surface area contributed by atoms with E-state index in [0.717, 1.165) is 12.8 Å². The van der Waals surface area contributed by atoms with Gasteiger partial charge in [-0.15, -0.1) is 0 Å². The van der Waals surface area contributed by atoms with Gasteiger partial charge >= 0.3 is 11.9 Å². The Labute approximate surface area is 82.5 Å². The molecule has 1 aromatic rings. The fourth-order valence-electron chi connectivity index (χ4n) is 1.15. The van der Waals surface area contributed by atoms with E-state index in [-0.39, 0.29) is 11.9 Å². The standard InChI is InChI=1S/C8H8F3N3O/c9-8(10,11)5-3-12-7(15)14-6(5)13-4-1-2-4/h3-4H,1-2H2,(H2,12,13,14,15). The first-order chi connectivity index (χ1) is 6.97. The normalized spacial score (nSPS) is 16.5. The number of aromatic amines is 1. The Bertz CT molecular complexity index is 422. The van der Waals surface area contributed by atoms with Crippen LogP contribution < -0.4 is 11.0 Å². The first-order valence-electron chi connectivity index (χ1n) is 4.40. The highest BCUT2D eigenvalue weighted by Gasteiger charge is 2.36. The molecule has 0 bridgehead atoms. The van der Waals surface area contributed by atoms with Crippen LogP contribution in [0, 0.1) is 0 Å². The highest BCUT2D eigenvalue weighted by atomic mass is 19.4. The van der Waals surface area contributed by atoms with E-state index in [1.165, 1.54) is 0 Å². The maximum atomic E-state index is 12.4. The van der Waals surface area contributed by atoms with Gasteiger partial charge in [-0.2, -0.15) is 13.2 Å². The number of H-pyrrole nitrogens is 1. The summed E-state index contributed by atoms with van der Waals surface area (Å²) in [7, 11) is 0. The molecule has 1 saturated carbocycles. The van der Waals surface area contributed by atoms with Crippen molar-refractivity contribution < 1.29 is 13.2 Å². The van der Waals surface area contributed by atoms with Crippen LogP contribution in [0.5, 0.6) is 0 Å². The number of hydrogen-bond acceptors (Lipinski definition) is 3. The zero-order valence-corrected chi connectivity index (χ0v) is 7.56. The van der Waals surface area contributed by atoms with Crippen LogP contribution in [0.2, 0.25) is 0 Å². The fourth-order valence-corrected chi connectivity index (χ4v) is 1.15. The molecule has 15 heavy (non-hydrogen) atoms. The molecule has 0 amide bonds. The van der Waals surface area contributed by atoms with Crippen molar-refractivity contribution in [3.05, 3.63) is 22.2 Å². The summed E-state index contributed by atoms with van der Waals surface area (Å²) in [5, 5.41) is 2.62. The molecule has 1 aromatic heterocycles. The van der Waals surface area contributed by atoms with E-state index in [1.54, 1.807) is 0 Å². The third-order valence-corrected chi connectivity index (χ3v) is 2.04. The highest BCUT2D eigenvalue weighted by molar-refractivity contribution is 5.45. The van der Waals surface area contributed by atoms with Crippen LogP contribution in [0.1, 0.15) is 18.4 Å². The third kappa shape index (κ3) is 2.28. The van der Waals surface area contributed by atoms with Gasteiger partial charge in [0.05, 0.1) is 0 Å². The molecular weight excluding hydrogens is 211 g/mol. The van der Waals surface area contributed by atoms with Gasteiger partial charge in [-0.05, 0) is 12.8 Å². The average molecular weight is 219 g/mol. The van der Waals surface area contributed by atoms with Crippen molar-refractivity contribution >= 4 is 5.82 Å². The highest BCUT2D eigenvalue weighted by Crippen LogP contribution is 2.34. The van der Waals surface area contributed by atoms with Crippen molar-refractivity contribution in [3.63, 3.8) is 0 Å². The third-order valence-electron chi connectivity index (χ3n) is 2.04. The molecular formula is C8H8F3N3O. The molecule has 2 N–H and O–H groups in total. The van der Waals surface area contributed by atoms with Crippen molar-refractivity contribution in [3.8, 4) is 0 Å². The fraction of sp³-hybridized carbons (Fsp3) is 0.500. The summed E-state index contributed by atoms with van der Waals surface area (Å²) in [5.74, 6) is -0.287. The van der Waals surface area contributed by atoms with Gasteiger partial charge in [0.1, 0.15) is 11.4 Å². The van der Waals surface area contributed by atoms with Gasteiger partial charge in [-0.25, -0.2) is 9.78 Å². The van der Waals surface area contributed by atoms with Crippen LogP contribution in [0.25, 0.3) is 0 Å². The van der Waals surface area contributed by atoms with E-state index < -0.39 is 17.4 Å². The van der Waals surface area contributed by atoms with E-state index in [2.05, 4.69) is 15.3 Å². The van der Waals surface area contributed by atoms with Gasteiger partial charge in [-0.1, -0.05) is 0 Å². The first-order valence-corrected chi connectivity index (χ1v) is 4.40. The van der Waals surface area contributed by atoms with Crippen molar-refractivity contribution in [2.24, 2.45) is 0 Å². The number of nitrogens with one attached hydrogen (secondary N) is 2. The molecule has 0 atom stereocenters. The summed E-state index contributed by atoms with van der Waals surface area (Å²) in [6.45, 7) is 0. The topological polar surface area (TPSA) is 57.8 Å². The maximum Gasteiger partial charge on any atom is 0.421 e. The Balaban J connectivity index is 2.38. The molecule has 1 aliphatic rings. The minimum Gasteiger partial charge on any atom is -0.368 e. The Kier molecular flexibility index (Phi) is 2.17. The van der Waals surface area contributed by atoms with Crippen molar-refractivity contribution in [2.75, 3.05) is 5.32 Å². The number of anilines is 1. The number of alkyl halides is 3. The largest absolute Gasteiger partial charge is 0.421 e. The summed E-state index contributed by atoms with van der Waals surface area (Å²) in [6.07, 6.45) is -2.32. The van der Waals surface area contributed by atoms with Gasteiger partial charge in [0.15, 0.2) is 0 Å². The Morgan fingerprint density at radius 1 is 1.47 bits per heavy atom. The molecule has 0 spiro atoms. The predicted molar refractivity (Wildman–Crippen MR) is 46.5 cm³/mol. The summed E-state index contributed by atoms with van der Waals surface area (Å²) in [4.78, 5) is 15.9.